The highest BCUT2D eigenvalue weighted by atomic mass is 19.2. The minimum atomic E-state index is -2.29. The van der Waals surface area contributed by atoms with Crippen LogP contribution in [0.15, 0.2) is 23.6 Å². The van der Waals surface area contributed by atoms with E-state index in [1.54, 1.807) is 6.92 Å². The zero-order chi connectivity index (χ0) is 10.9. The number of rotatable bonds is 2. The van der Waals surface area contributed by atoms with Gasteiger partial charge in [-0.25, -0.2) is 13.6 Å². The molecular weight excluding hydrogens is 192 g/mol. The molecule has 5 heteroatoms. The maximum Gasteiger partial charge on any atom is 0.338 e. The molecule has 0 spiro atoms. The standard InChI is InChI=1S/C9H11F2NO2/c1-2-6-7(10)5(8(13)14)3-4-9(6,11)12/h3-4,6H,2,12H2,1H3,(H,13,14). The van der Waals surface area contributed by atoms with Crippen molar-refractivity contribution in [1.29, 1.82) is 0 Å². The molecule has 0 heterocycles. The molecule has 0 saturated heterocycles. The first-order chi connectivity index (χ1) is 6.40. The van der Waals surface area contributed by atoms with Gasteiger partial charge in [0.25, 0.3) is 0 Å². The Labute approximate surface area is 79.9 Å². The zero-order valence-corrected chi connectivity index (χ0v) is 7.63. The molecule has 0 bridgehead atoms. The molecule has 2 atom stereocenters. The van der Waals surface area contributed by atoms with E-state index in [4.69, 9.17) is 10.8 Å². The molecule has 0 aromatic heterocycles. The van der Waals surface area contributed by atoms with Crippen LogP contribution in [-0.4, -0.2) is 16.9 Å². The highest BCUT2D eigenvalue weighted by Crippen LogP contribution is 2.35. The molecule has 0 aliphatic heterocycles. The fourth-order valence-corrected chi connectivity index (χ4v) is 1.45. The third-order valence-electron chi connectivity index (χ3n) is 2.24. The second-order valence-electron chi connectivity index (χ2n) is 3.19. The number of hydrogen-bond donors (Lipinski definition) is 2. The summed E-state index contributed by atoms with van der Waals surface area (Å²) in [6, 6.07) is 0. The molecule has 2 unspecified atom stereocenters. The van der Waals surface area contributed by atoms with Gasteiger partial charge in [0.1, 0.15) is 5.83 Å². The van der Waals surface area contributed by atoms with Gasteiger partial charge in [0, 0.05) is 0 Å². The van der Waals surface area contributed by atoms with Gasteiger partial charge in [-0.2, -0.15) is 0 Å². The lowest BCUT2D eigenvalue weighted by molar-refractivity contribution is -0.132. The van der Waals surface area contributed by atoms with Crippen molar-refractivity contribution in [2.75, 3.05) is 0 Å². The Morgan fingerprint density at radius 3 is 2.79 bits per heavy atom. The summed E-state index contributed by atoms with van der Waals surface area (Å²) in [5.74, 6) is -5.91. The summed E-state index contributed by atoms with van der Waals surface area (Å²) in [6.45, 7) is 1.55. The largest absolute Gasteiger partial charge is 0.478 e. The summed E-state index contributed by atoms with van der Waals surface area (Å²) in [5.41, 5.74) is 4.65. The molecule has 1 rings (SSSR count). The van der Waals surface area contributed by atoms with E-state index >= 15 is 0 Å². The van der Waals surface area contributed by atoms with Gasteiger partial charge in [-0.05, 0) is 18.6 Å². The highest BCUT2D eigenvalue weighted by Gasteiger charge is 2.39. The lowest BCUT2D eigenvalue weighted by Gasteiger charge is -2.28. The van der Waals surface area contributed by atoms with Crippen LogP contribution in [0, 0.1) is 5.92 Å². The van der Waals surface area contributed by atoms with Gasteiger partial charge in [-0.1, -0.05) is 6.92 Å². The van der Waals surface area contributed by atoms with Crippen molar-refractivity contribution < 1.29 is 18.7 Å². The van der Waals surface area contributed by atoms with Crippen LogP contribution >= 0.6 is 0 Å². The molecular formula is C9H11F2NO2. The van der Waals surface area contributed by atoms with Crippen molar-refractivity contribution in [2.24, 2.45) is 11.7 Å². The summed E-state index contributed by atoms with van der Waals surface area (Å²) in [5, 5.41) is 8.58. The number of hydrogen-bond acceptors (Lipinski definition) is 2. The van der Waals surface area contributed by atoms with Gasteiger partial charge in [0.05, 0.1) is 11.5 Å². The maximum atomic E-state index is 13.4. The average Bonchev–Trinajstić information content (AvgIpc) is 2.02. The molecule has 1 aliphatic rings. The fraction of sp³-hybridized carbons (Fsp3) is 0.444. The SMILES string of the molecule is CCC1C(F)=C(C(=O)O)C=CC1(N)F. The van der Waals surface area contributed by atoms with E-state index in [1.165, 1.54) is 0 Å². The average molecular weight is 203 g/mol. The van der Waals surface area contributed by atoms with Crippen molar-refractivity contribution in [3.8, 4) is 0 Å². The fourth-order valence-electron chi connectivity index (χ4n) is 1.45. The van der Waals surface area contributed by atoms with Gasteiger partial charge in [0.15, 0.2) is 5.79 Å². The summed E-state index contributed by atoms with van der Waals surface area (Å²) in [7, 11) is 0. The number of alkyl halides is 1. The molecule has 78 valence electrons. The molecule has 0 radical (unpaired) electrons. The molecule has 0 amide bonds. The van der Waals surface area contributed by atoms with Gasteiger partial charge >= 0.3 is 5.97 Å². The second-order valence-corrected chi connectivity index (χ2v) is 3.19. The smallest absolute Gasteiger partial charge is 0.338 e. The van der Waals surface area contributed by atoms with E-state index in [0.29, 0.717) is 0 Å². The number of aliphatic carboxylic acids is 1. The van der Waals surface area contributed by atoms with Crippen molar-refractivity contribution in [2.45, 2.75) is 19.1 Å². The van der Waals surface area contributed by atoms with E-state index in [9.17, 15) is 13.6 Å². The van der Waals surface area contributed by atoms with Crippen LogP contribution in [0.3, 0.4) is 0 Å². The van der Waals surface area contributed by atoms with E-state index in [1.807, 2.05) is 0 Å². The molecule has 0 fully saturated rings. The Morgan fingerprint density at radius 1 is 1.79 bits per heavy atom. The topological polar surface area (TPSA) is 63.3 Å². The zero-order valence-electron chi connectivity index (χ0n) is 7.63. The Hall–Kier alpha value is -1.23. The van der Waals surface area contributed by atoms with Crippen molar-refractivity contribution in [3.05, 3.63) is 23.6 Å². The second kappa shape index (κ2) is 3.49. The Balaban J connectivity index is 3.14. The molecule has 1 aliphatic carbocycles. The van der Waals surface area contributed by atoms with Gasteiger partial charge < -0.3 is 5.11 Å². The molecule has 0 saturated carbocycles. The number of halogens is 2. The molecule has 0 aromatic carbocycles. The Bertz CT molecular complexity index is 321. The number of carbonyl (C=O) groups is 1. The first kappa shape index (κ1) is 10.8. The Kier molecular flexibility index (Phi) is 2.71. The minimum absolute atomic E-state index is 0.111. The first-order valence-electron chi connectivity index (χ1n) is 4.20. The van der Waals surface area contributed by atoms with Gasteiger partial charge in [-0.3, -0.25) is 5.73 Å². The Morgan fingerprint density at radius 2 is 2.36 bits per heavy atom. The van der Waals surface area contributed by atoms with E-state index in [2.05, 4.69) is 0 Å². The van der Waals surface area contributed by atoms with Crippen LogP contribution in [0.5, 0.6) is 0 Å². The van der Waals surface area contributed by atoms with Crippen LogP contribution in [0.25, 0.3) is 0 Å². The minimum Gasteiger partial charge on any atom is -0.478 e. The van der Waals surface area contributed by atoms with Crippen molar-refractivity contribution in [3.63, 3.8) is 0 Å². The quantitative estimate of drug-likeness (QED) is 0.669. The van der Waals surface area contributed by atoms with Crippen molar-refractivity contribution >= 4 is 5.97 Å². The van der Waals surface area contributed by atoms with Crippen LogP contribution < -0.4 is 5.73 Å². The predicted molar refractivity (Wildman–Crippen MR) is 46.7 cm³/mol. The predicted octanol–water partition coefficient (Wildman–Crippen LogP) is 1.52. The third-order valence-corrected chi connectivity index (χ3v) is 2.24. The van der Waals surface area contributed by atoms with Gasteiger partial charge in [-0.15, -0.1) is 0 Å². The highest BCUT2D eigenvalue weighted by molar-refractivity contribution is 5.91. The van der Waals surface area contributed by atoms with Crippen molar-refractivity contribution in [1.82, 2.24) is 0 Å². The number of carboxylic acid groups (broad SMARTS) is 1. The van der Waals surface area contributed by atoms with Crippen LogP contribution in [0.4, 0.5) is 8.78 Å². The molecule has 0 aromatic rings. The summed E-state index contributed by atoms with van der Waals surface area (Å²) in [4.78, 5) is 10.5. The van der Waals surface area contributed by atoms with Gasteiger partial charge in [0.2, 0.25) is 0 Å². The number of carboxylic acids is 1. The molecule has 3 nitrogen and oxygen atoms in total. The normalized spacial score (nSPS) is 32.1. The number of nitrogens with two attached hydrogens (primary N) is 1. The lowest BCUT2D eigenvalue weighted by Crippen LogP contribution is -2.43. The summed E-state index contributed by atoms with van der Waals surface area (Å²) < 4.78 is 26.8. The van der Waals surface area contributed by atoms with E-state index in [0.717, 1.165) is 12.2 Å². The first-order valence-corrected chi connectivity index (χ1v) is 4.20. The maximum absolute atomic E-state index is 13.4. The van der Waals surface area contributed by atoms with E-state index < -0.39 is 29.1 Å². The lowest BCUT2D eigenvalue weighted by atomic mass is 9.86. The third kappa shape index (κ3) is 1.68. The van der Waals surface area contributed by atoms with Crippen LogP contribution in [0.2, 0.25) is 0 Å². The molecule has 14 heavy (non-hydrogen) atoms. The monoisotopic (exact) mass is 203 g/mol. The summed E-state index contributed by atoms with van der Waals surface area (Å²) in [6.07, 6.45) is 1.86. The summed E-state index contributed by atoms with van der Waals surface area (Å²) >= 11 is 0. The molecule has 3 N–H and O–H groups in total. The van der Waals surface area contributed by atoms with Crippen LogP contribution in [-0.2, 0) is 4.79 Å². The van der Waals surface area contributed by atoms with Crippen LogP contribution in [0.1, 0.15) is 13.3 Å². The van der Waals surface area contributed by atoms with E-state index in [-0.39, 0.29) is 6.42 Å².